The second kappa shape index (κ2) is 27.6. The number of nitrogens with one attached hydrogen (secondary N) is 1. The minimum Gasteiger partial charge on any atom is -0.394 e. The lowest BCUT2D eigenvalue weighted by molar-refractivity contribution is -0.122. The van der Waals surface area contributed by atoms with Gasteiger partial charge < -0.3 is 30.8 Å². The maximum atomic E-state index is 12.4. The van der Waals surface area contributed by atoms with Gasteiger partial charge in [-0.3, -0.25) is 4.79 Å². The number of carbonyl (C=O) groups excluding carboxylic acids is 1. The molecule has 0 aromatic carbocycles. The van der Waals surface area contributed by atoms with Gasteiger partial charge in [-0.05, 0) is 44.4 Å². The van der Waals surface area contributed by atoms with Crippen LogP contribution in [0.25, 0.3) is 0 Å². The van der Waals surface area contributed by atoms with E-state index in [2.05, 4.69) is 19.2 Å². The topological polar surface area (TPSA) is 130 Å². The summed E-state index contributed by atoms with van der Waals surface area (Å²) in [7, 11) is 0. The predicted molar refractivity (Wildman–Crippen MR) is 186 cm³/mol. The molecule has 0 spiro atoms. The molecule has 7 atom stereocenters. The quantitative estimate of drug-likeness (QED) is 0.0404. The van der Waals surface area contributed by atoms with Crippen molar-refractivity contribution >= 4 is 5.91 Å². The Bertz CT molecular complexity index is 799. The number of allylic oxidation sites excluding steroid dienone is 3. The first-order valence-electron chi connectivity index (χ1n) is 18.5. The molecule has 6 N–H and O–H groups in total. The van der Waals surface area contributed by atoms with Gasteiger partial charge in [-0.1, -0.05) is 134 Å². The molecule has 0 bridgehead atoms. The maximum absolute atomic E-state index is 12.4. The van der Waals surface area contributed by atoms with E-state index in [1.165, 1.54) is 64.2 Å². The summed E-state index contributed by atoms with van der Waals surface area (Å²) in [6.07, 6.45) is 30.3. The van der Waals surface area contributed by atoms with Gasteiger partial charge in [0, 0.05) is 18.8 Å². The van der Waals surface area contributed by atoms with Crippen LogP contribution in [-0.4, -0.2) is 68.5 Å². The third-order valence-corrected chi connectivity index (χ3v) is 9.19. The Kier molecular flexibility index (Phi) is 25.5. The number of amides is 1. The number of aliphatic hydroxyl groups is 5. The highest BCUT2D eigenvalue weighted by atomic mass is 16.3. The summed E-state index contributed by atoms with van der Waals surface area (Å²) >= 11 is 0. The SMILES string of the molecule is CCCCCCCCCCCCC/C=C/[C@@H](O)[C@H](CO)NC(=O)CCC/C=C/C[C@@H]1[C@@H](/C=C/[C@@H](O)CCCCC)[C@H](O)C[C@@H]1O. The van der Waals surface area contributed by atoms with Crippen LogP contribution >= 0.6 is 0 Å². The van der Waals surface area contributed by atoms with Crippen molar-refractivity contribution in [3.8, 4) is 0 Å². The first kappa shape index (κ1) is 41.5. The van der Waals surface area contributed by atoms with Crippen LogP contribution in [0.15, 0.2) is 36.5 Å². The number of aliphatic hydroxyl groups excluding tert-OH is 5. The number of carbonyl (C=O) groups is 1. The first-order chi connectivity index (χ1) is 21.8. The molecular weight excluding hydrogens is 566 g/mol. The van der Waals surface area contributed by atoms with Gasteiger partial charge in [-0.15, -0.1) is 0 Å². The van der Waals surface area contributed by atoms with Crippen molar-refractivity contribution in [2.24, 2.45) is 11.8 Å². The van der Waals surface area contributed by atoms with E-state index in [0.717, 1.165) is 32.1 Å². The van der Waals surface area contributed by atoms with Gasteiger partial charge in [0.1, 0.15) is 0 Å². The molecule has 0 aromatic heterocycles. The predicted octanol–water partition coefficient (Wildman–Crippen LogP) is 7.05. The van der Waals surface area contributed by atoms with Crippen LogP contribution in [0.5, 0.6) is 0 Å². The number of rotatable bonds is 28. The molecule has 0 saturated heterocycles. The molecule has 1 aliphatic carbocycles. The lowest BCUT2D eigenvalue weighted by Gasteiger charge is -2.20. The van der Waals surface area contributed by atoms with Crippen molar-refractivity contribution in [1.29, 1.82) is 0 Å². The highest BCUT2D eigenvalue weighted by molar-refractivity contribution is 5.76. The average Bonchev–Trinajstić information content (AvgIpc) is 3.29. The monoisotopic (exact) mass is 636 g/mol. The van der Waals surface area contributed by atoms with Crippen molar-refractivity contribution in [2.45, 2.75) is 179 Å². The van der Waals surface area contributed by atoms with Gasteiger partial charge in [0.25, 0.3) is 0 Å². The summed E-state index contributed by atoms with van der Waals surface area (Å²) < 4.78 is 0. The van der Waals surface area contributed by atoms with Gasteiger partial charge in [0.2, 0.25) is 5.91 Å². The molecule has 1 rings (SSSR count). The van der Waals surface area contributed by atoms with Crippen molar-refractivity contribution in [2.75, 3.05) is 6.61 Å². The Morgan fingerprint density at radius 3 is 2.00 bits per heavy atom. The standard InChI is InChI=1S/C38H69NO6/c1-3-5-7-8-9-10-11-12-13-14-15-16-21-25-35(42)34(30-40)39-38(45)26-22-18-17-20-24-32-33(37(44)29-36(32)43)28-27-31(41)23-19-6-4-2/h17,20-21,25,27-28,31-37,40-44H,3-16,18-19,22-24,26,29-30H2,1-2H3,(H,39,45)/b20-17+,25-21+,28-27+/t31-,32+,33+,34-,35+,36-,37+/m0/s1. The zero-order chi connectivity index (χ0) is 33.1. The van der Waals surface area contributed by atoms with Gasteiger partial charge in [-0.25, -0.2) is 0 Å². The van der Waals surface area contributed by atoms with Crippen molar-refractivity contribution in [1.82, 2.24) is 5.32 Å². The van der Waals surface area contributed by atoms with Crippen molar-refractivity contribution in [3.63, 3.8) is 0 Å². The molecule has 45 heavy (non-hydrogen) atoms. The zero-order valence-corrected chi connectivity index (χ0v) is 28.7. The molecule has 0 aromatic rings. The summed E-state index contributed by atoms with van der Waals surface area (Å²) in [5.74, 6) is -0.488. The molecule has 0 radical (unpaired) electrons. The van der Waals surface area contributed by atoms with E-state index in [1.807, 2.05) is 24.3 Å². The first-order valence-corrected chi connectivity index (χ1v) is 18.5. The highest BCUT2D eigenvalue weighted by Crippen LogP contribution is 2.36. The van der Waals surface area contributed by atoms with Crippen molar-refractivity contribution < 1.29 is 30.3 Å². The Morgan fingerprint density at radius 1 is 0.756 bits per heavy atom. The molecule has 7 nitrogen and oxygen atoms in total. The fourth-order valence-electron chi connectivity index (χ4n) is 6.23. The second-order valence-corrected chi connectivity index (χ2v) is 13.3. The maximum Gasteiger partial charge on any atom is 0.220 e. The van der Waals surface area contributed by atoms with Gasteiger partial charge in [0.05, 0.1) is 37.1 Å². The van der Waals surface area contributed by atoms with Crippen LogP contribution in [0.2, 0.25) is 0 Å². The van der Waals surface area contributed by atoms with Crippen LogP contribution in [-0.2, 0) is 4.79 Å². The zero-order valence-electron chi connectivity index (χ0n) is 28.7. The molecule has 1 fully saturated rings. The van der Waals surface area contributed by atoms with E-state index < -0.39 is 30.5 Å². The van der Waals surface area contributed by atoms with Crippen molar-refractivity contribution in [3.05, 3.63) is 36.5 Å². The second-order valence-electron chi connectivity index (χ2n) is 13.3. The minimum atomic E-state index is -0.917. The van der Waals surface area contributed by atoms with Crippen LogP contribution in [0.3, 0.4) is 0 Å². The smallest absolute Gasteiger partial charge is 0.220 e. The fraction of sp³-hybridized carbons (Fsp3) is 0.816. The summed E-state index contributed by atoms with van der Waals surface area (Å²) in [4.78, 5) is 12.4. The lowest BCUT2D eigenvalue weighted by Crippen LogP contribution is -2.45. The summed E-state index contributed by atoms with van der Waals surface area (Å²) in [5.41, 5.74) is 0. The van der Waals surface area contributed by atoms with Crippen LogP contribution < -0.4 is 5.32 Å². The Hall–Kier alpha value is -1.51. The van der Waals surface area contributed by atoms with E-state index in [9.17, 15) is 30.3 Å². The van der Waals surface area contributed by atoms with Gasteiger partial charge in [0.15, 0.2) is 0 Å². The molecule has 1 saturated carbocycles. The Labute approximate surface area is 275 Å². The normalized spacial score (nSPS) is 22.6. The number of hydrogen-bond acceptors (Lipinski definition) is 6. The van der Waals surface area contributed by atoms with E-state index >= 15 is 0 Å². The summed E-state index contributed by atoms with van der Waals surface area (Å²) in [6, 6.07) is -0.716. The average molecular weight is 636 g/mol. The largest absolute Gasteiger partial charge is 0.394 e. The van der Waals surface area contributed by atoms with Gasteiger partial charge >= 0.3 is 0 Å². The number of unbranched alkanes of at least 4 members (excludes halogenated alkanes) is 14. The summed E-state index contributed by atoms with van der Waals surface area (Å²) in [5, 5.41) is 54.0. The minimum absolute atomic E-state index is 0.103. The van der Waals surface area contributed by atoms with Gasteiger partial charge in [-0.2, -0.15) is 0 Å². The third kappa shape index (κ3) is 20.4. The molecule has 262 valence electrons. The molecular formula is C38H69NO6. The third-order valence-electron chi connectivity index (χ3n) is 9.19. The highest BCUT2D eigenvalue weighted by Gasteiger charge is 2.39. The molecule has 0 heterocycles. The van der Waals surface area contributed by atoms with Crippen LogP contribution in [0, 0.1) is 11.8 Å². The summed E-state index contributed by atoms with van der Waals surface area (Å²) in [6.45, 7) is 4.06. The van der Waals surface area contributed by atoms with Crippen LogP contribution in [0.1, 0.15) is 149 Å². The lowest BCUT2D eigenvalue weighted by atomic mass is 9.89. The molecule has 0 unspecified atom stereocenters. The van der Waals surface area contributed by atoms with E-state index in [4.69, 9.17) is 0 Å². The van der Waals surface area contributed by atoms with Crippen LogP contribution in [0.4, 0.5) is 0 Å². The number of hydrogen-bond donors (Lipinski definition) is 6. The molecule has 1 aliphatic rings. The molecule has 7 heteroatoms. The Balaban J connectivity index is 2.23. The Morgan fingerprint density at radius 2 is 1.36 bits per heavy atom. The fourth-order valence-corrected chi connectivity index (χ4v) is 6.23. The van der Waals surface area contributed by atoms with E-state index in [1.54, 1.807) is 12.2 Å². The molecule has 0 aliphatic heterocycles. The van der Waals surface area contributed by atoms with E-state index in [-0.39, 0.29) is 24.3 Å². The van der Waals surface area contributed by atoms with E-state index in [0.29, 0.717) is 38.5 Å². The molecule has 1 amide bonds.